The summed E-state index contributed by atoms with van der Waals surface area (Å²) in [6.45, 7) is 0. The summed E-state index contributed by atoms with van der Waals surface area (Å²) in [6, 6.07) is 6.90. The second kappa shape index (κ2) is 3.63. The van der Waals surface area contributed by atoms with Crippen molar-refractivity contribution >= 4 is 28.6 Å². The molecule has 2 aromatic carbocycles. The quantitative estimate of drug-likeness (QED) is 0.782. The van der Waals surface area contributed by atoms with Crippen molar-refractivity contribution < 1.29 is 19.5 Å². The highest BCUT2D eigenvalue weighted by Gasteiger charge is 2.28. The van der Waals surface area contributed by atoms with E-state index in [9.17, 15) is 19.6 Å². The maximum absolute atomic E-state index is 11.7. The fourth-order valence-corrected chi connectivity index (χ4v) is 2.26. The molecule has 0 atom stereocenters. The van der Waals surface area contributed by atoms with Gasteiger partial charge in [-0.05, 0) is 23.6 Å². The number of amides is 2. The van der Waals surface area contributed by atoms with Crippen molar-refractivity contribution in [3.63, 3.8) is 0 Å². The summed E-state index contributed by atoms with van der Waals surface area (Å²) in [5.74, 6) is -3.09. The van der Waals surface area contributed by atoms with Gasteiger partial charge in [-0.1, -0.05) is 12.1 Å². The monoisotopic (exact) mass is 256 g/mol. The minimum Gasteiger partial charge on any atom is -0.749 e. The molecule has 1 N–H and O–H groups in total. The fourth-order valence-electron chi connectivity index (χ4n) is 2.26. The lowest BCUT2D eigenvalue weighted by Gasteiger charge is -2.31. The van der Waals surface area contributed by atoms with E-state index in [-0.39, 0.29) is 32.5 Å². The van der Waals surface area contributed by atoms with E-state index in [1.54, 1.807) is 0 Å². The van der Waals surface area contributed by atoms with E-state index in [1.165, 1.54) is 30.3 Å². The average molecular weight is 256 g/mol. The molecule has 19 heavy (non-hydrogen) atoms. The van der Waals surface area contributed by atoms with Gasteiger partial charge < -0.3 is 15.4 Å². The molecule has 94 valence electrons. The van der Waals surface area contributed by atoms with Crippen molar-refractivity contribution in [2.75, 3.05) is 0 Å². The third kappa shape index (κ3) is 1.37. The third-order valence-electron chi connectivity index (χ3n) is 3.10. The molecule has 0 spiro atoms. The first kappa shape index (κ1) is 11.4. The molecule has 0 aromatic heterocycles. The van der Waals surface area contributed by atoms with Crippen LogP contribution in [-0.2, 0) is 0 Å². The van der Waals surface area contributed by atoms with Gasteiger partial charge in [-0.3, -0.25) is 9.59 Å². The molecule has 1 heterocycles. The van der Waals surface area contributed by atoms with E-state index in [2.05, 4.69) is 0 Å². The van der Waals surface area contributed by atoms with Crippen LogP contribution in [0.1, 0.15) is 31.1 Å². The number of hydroxylamine groups is 2. The SMILES string of the molecule is O=C(O)c1ccc2c3c(cccc13)C(=O)N([O-])C2=O. The summed E-state index contributed by atoms with van der Waals surface area (Å²) < 4.78 is 0. The predicted octanol–water partition coefficient (Wildman–Crippen LogP) is 1.63. The molecule has 6 heteroatoms. The molecule has 0 aliphatic carbocycles. The molecular formula is C13H6NO5-. The Kier molecular flexibility index (Phi) is 2.17. The Morgan fingerprint density at radius 3 is 2.32 bits per heavy atom. The minimum atomic E-state index is -1.16. The van der Waals surface area contributed by atoms with Crippen LogP contribution in [0.5, 0.6) is 0 Å². The highest BCUT2D eigenvalue weighted by Crippen LogP contribution is 2.31. The highest BCUT2D eigenvalue weighted by molar-refractivity contribution is 6.27. The van der Waals surface area contributed by atoms with Crippen LogP contribution in [0.2, 0.25) is 0 Å². The van der Waals surface area contributed by atoms with Crippen LogP contribution in [0.4, 0.5) is 0 Å². The van der Waals surface area contributed by atoms with E-state index in [0.717, 1.165) is 0 Å². The molecule has 0 saturated heterocycles. The van der Waals surface area contributed by atoms with Crippen molar-refractivity contribution in [1.29, 1.82) is 0 Å². The number of hydrogen-bond donors (Lipinski definition) is 1. The largest absolute Gasteiger partial charge is 0.749 e. The molecule has 2 aromatic rings. The number of carbonyl (C=O) groups excluding carboxylic acids is 2. The van der Waals surface area contributed by atoms with E-state index >= 15 is 0 Å². The number of aromatic carboxylic acids is 1. The van der Waals surface area contributed by atoms with Crippen LogP contribution in [-0.4, -0.2) is 28.0 Å². The normalized spacial score (nSPS) is 14.1. The Morgan fingerprint density at radius 2 is 1.68 bits per heavy atom. The zero-order valence-corrected chi connectivity index (χ0v) is 9.41. The van der Waals surface area contributed by atoms with Crippen LogP contribution < -0.4 is 0 Å². The van der Waals surface area contributed by atoms with Gasteiger partial charge in [-0.15, -0.1) is 0 Å². The van der Waals surface area contributed by atoms with Crippen LogP contribution in [0.15, 0.2) is 30.3 Å². The lowest BCUT2D eigenvalue weighted by atomic mass is 9.92. The maximum atomic E-state index is 11.7. The summed E-state index contributed by atoms with van der Waals surface area (Å²) in [5, 5.41) is 20.8. The molecule has 0 unspecified atom stereocenters. The molecule has 3 rings (SSSR count). The molecule has 0 fully saturated rings. The number of carboxylic acids is 1. The summed E-state index contributed by atoms with van der Waals surface area (Å²) in [7, 11) is 0. The van der Waals surface area contributed by atoms with Crippen molar-refractivity contribution in [3.8, 4) is 0 Å². The van der Waals surface area contributed by atoms with E-state index in [0.29, 0.717) is 0 Å². The molecule has 1 aliphatic heterocycles. The molecule has 0 saturated carbocycles. The summed E-state index contributed by atoms with van der Waals surface area (Å²) in [4.78, 5) is 34.6. The van der Waals surface area contributed by atoms with Gasteiger partial charge in [0.15, 0.2) is 0 Å². The molecule has 1 aliphatic rings. The Balaban J connectivity index is 2.51. The third-order valence-corrected chi connectivity index (χ3v) is 3.10. The van der Waals surface area contributed by atoms with Crippen LogP contribution >= 0.6 is 0 Å². The molecule has 0 bridgehead atoms. The Labute approximate surface area is 106 Å². The second-order valence-electron chi connectivity index (χ2n) is 4.10. The van der Waals surface area contributed by atoms with Crippen LogP contribution in [0, 0.1) is 5.21 Å². The lowest BCUT2D eigenvalue weighted by Crippen LogP contribution is -2.35. The van der Waals surface area contributed by atoms with Gasteiger partial charge in [0.25, 0.3) is 11.8 Å². The van der Waals surface area contributed by atoms with Gasteiger partial charge in [0.1, 0.15) is 0 Å². The number of benzene rings is 2. The predicted molar refractivity (Wildman–Crippen MR) is 64.8 cm³/mol. The standard InChI is InChI=1S/C13H6NO5/c15-11-8-3-1-2-6-7(13(17)18)4-5-9(10(6)8)12(16)14(11)19/h1-5H,(H,17,18)/q-1. The highest BCUT2D eigenvalue weighted by atomic mass is 16.5. The Morgan fingerprint density at radius 1 is 1.05 bits per heavy atom. The van der Waals surface area contributed by atoms with Gasteiger partial charge >= 0.3 is 5.97 Å². The van der Waals surface area contributed by atoms with Crippen molar-refractivity contribution in [3.05, 3.63) is 52.2 Å². The zero-order valence-electron chi connectivity index (χ0n) is 9.41. The minimum absolute atomic E-state index is 0.0134. The Hall–Kier alpha value is -2.73. The number of hydrogen-bond acceptors (Lipinski definition) is 4. The van der Waals surface area contributed by atoms with Crippen molar-refractivity contribution in [1.82, 2.24) is 5.06 Å². The second-order valence-corrected chi connectivity index (χ2v) is 4.10. The van der Waals surface area contributed by atoms with E-state index < -0.39 is 17.8 Å². The topological polar surface area (TPSA) is 97.7 Å². The van der Waals surface area contributed by atoms with Crippen LogP contribution in [0.3, 0.4) is 0 Å². The van der Waals surface area contributed by atoms with Gasteiger partial charge in [-0.25, -0.2) is 4.79 Å². The van der Waals surface area contributed by atoms with Gasteiger partial charge in [0.05, 0.1) is 5.56 Å². The zero-order chi connectivity index (χ0) is 13.7. The summed E-state index contributed by atoms with van der Waals surface area (Å²) in [6.07, 6.45) is 0. The fraction of sp³-hybridized carbons (Fsp3) is 0. The van der Waals surface area contributed by atoms with Gasteiger partial charge in [0.2, 0.25) is 0 Å². The first-order chi connectivity index (χ1) is 9.02. The summed E-state index contributed by atoms with van der Waals surface area (Å²) >= 11 is 0. The van der Waals surface area contributed by atoms with Gasteiger partial charge in [-0.2, -0.15) is 0 Å². The number of carboxylic acid groups (broad SMARTS) is 1. The maximum Gasteiger partial charge on any atom is 0.336 e. The summed E-state index contributed by atoms with van der Waals surface area (Å²) in [5.41, 5.74) is 0.0796. The molecule has 6 nitrogen and oxygen atoms in total. The smallest absolute Gasteiger partial charge is 0.336 e. The molecule has 0 radical (unpaired) electrons. The van der Waals surface area contributed by atoms with E-state index in [1.807, 2.05) is 0 Å². The van der Waals surface area contributed by atoms with Crippen LogP contribution in [0.25, 0.3) is 10.8 Å². The number of nitrogens with zero attached hydrogens (tertiary/aromatic N) is 1. The van der Waals surface area contributed by atoms with Crippen molar-refractivity contribution in [2.24, 2.45) is 0 Å². The Bertz CT molecular complexity index is 743. The van der Waals surface area contributed by atoms with Gasteiger partial charge in [0, 0.05) is 16.5 Å². The number of carbonyl (C=O) groups is 3. The first-order valence-electron chi connectivity index (χ1n) is 5.37. The lowest BCUT2D eigenvalue weighted by molar-refractivity contribution is 0.0670. The average Bonchev–Trinajstić information content (AvgIpc) is 2.41. The molecule has 2 amide bonds. The first-order valence-corrected chi connectivity index (χ1v) is 5.37. The number of imide groups is 1. The van der Waals surface area contributed by atoms with E-state index in [4.69, 9.17) is 5.11 Å². The number of rotatable bonds is 1. The van der Waals surface area contributed by atoms with Crippen molar-refractivity contribution in [2.45, 2.75) is 0 Å². The molecular weight excluding hydrogens is 250 g/mol.